The smallest absolute Gasteiger partial charge is 0.343 e. The third kappa shape index (κ3) is 2.64. The van der Waals surface area contributed by atoms with Crippen molar-refractivity contribution in [2.24, 2.45) is 0 Å². The van der Waals surface area contributed by atoms with Gasteiger partial charge in [0.15, 0.2) is 0 Å². The molecule has 0 fully saturated rings. The first kappa shape index (κ1) is 14.1. The Labute approximate surface area is 118 Å². The average Bonchev–Trinajstić information content (AvgIpc) is 2.45. The van der Waals surface area contributed by atoms with Gasteiger partial charge in [-0.2, -0.15) is 0 Å². The van der Waals surface area contributed by atoms with Crippen LogP contribution in [-0.2, 0) is 4.74 Å². The van der Waals surface area contributed by atoms with Gasteiger partial charge in [0.2, 0.25) is 5.88 Å². The fourth-order valence-corrected chi connectivity index (χ4v) is 1.93. The molecule has 4 nitrogen and oxygen atoms in total. The van der Waals surface area contributed by atoms with Crippen molar-refractivity contribution >= 4 is 22.4 Å². The Balaban J connectivity index is 2.59. The van der Waals surface area contributed by atoms with E-state index in [9.17, 15) is 4.79 Å². The van der Waals surface area contributed by atoms with Gasteiger partial charge in [0.1, 0.15) is 5.56 Å². The Bertz CT molecular complexity index is 677. The number of methoxy groups -OCH3 is 1. The van der Waals surface area contributed by atoms with E-state index in [0.29, 0.717) is 12.2 Å². The molecule has 1 heterocycles. The van der Waals surface area contributed by atoms with Gasteiger partial charge in [0.25, 0.3) is 0 Å². The fraction of sp³-hybridized carbons (Fsp3) is 0.250. The zero-order valence-electron chi connectivity index (χ0n) is 11.9. The molecule has 1 aromatic carbocycles. The molecule has 0 spiro atoms. The highest BCUT2D eigenvalue weighted by atomic mass is 16.5. The van der Waals surface area contributed by atoms with Gasteiger partial charge >= 0.3 is 5.97 Å². The molecule has 20 heavy (non-hydrogen) atoms. The first-order valence-corrected chi connectivity index (χ1v) is 6.38. The molecule has 1 aromatic heterocycles. The summed E-state index contributed by atoms with van der Waals surface area (Å²) in [7, 11) is 1.49. The molecule has 0 aliphatic rings. The third-order valence-corrected chi connectivity index (χ3v) is 2.96. The Kier molecular flexibility index (Phi) is 4.03. The number of pyridine rings is 1. The molecule has 0 N–H and O–H groups in total. The monoisotopic (exact) mass is 271 g/mol. The lowest BCUT2D eigenvalue weighted by molar-refractivity contribution is 0.0522. The standard InChI is InChI=1S/C16H17NO3/c1-5-20-16(18)13-8-12-7-6-11(10(2)3)9-14(12)17-15(13)19-4/h6-9H,2,5H2,1,3-4H3. The molecule has 0 aliphatic carbocycles. The fourth-order valence-electron chi connectivity index (χ4n) is 1.93. The minimum Gasteiger partial charge on any atom is -0.480 e. The van der Waals surface area contributed by atoms with E-state index < -0.39 is 5.97 Å². The van der Waals surface area contributed by atoms with Crippen molar-refractivity contribution in [3.63, 3.8) is 0 Å². The quantitative estimate of drug-likeness (QED) is 0.799. The number of esters is 1. The minimum absolute atomic E-state index is 0.273. The molecule has 2 rings (SSSR count). The Morgan fingerprint density at radius 1 is 1.35 bits per heavy atom. The molecule has 4 heteroatoms. The Morgan fingerprint density at radius 3 is 2.70 bits per heavy atom. The lowest BCUT2D eigenvalue weighted by atomic mass is 10.1. The summed E-state index contributed by atoms with van der Waals surface area (Å²) in [6.45, 7) is 7.92. The van der Waals surface area contributed by atoms with Gasteiger partial charge in [0, 0.05) is 5.39 Å². The van der Waals surface area contributed by atoms with Gasteiger partial charge in [-0.15, -0.1) is 0 Å². The van der Waals surface area contributed by atoms with Gasteiger partial charge in [-0.05, 0) is 31.5 Å². The minimum atomic E-state index is -0.428. The molecular weight excluding hydrogens is 254 g/mol. The summed E-state index contributed by atoms with van der Waals surface area (Å²) in [6.07, 6.45) is 0. The van der Waals surface area contributed by atoms with E-state index in [0.717, 1.165) is 22.0 Å². The first-order valence-electron chi connectivity index (χ1n) is 6.38. The predicted octanol–water partition coefficient (Wildman–Crippen LogP) is 3.45. The van der Waals surface area contributed by atoms with Gasteiger partial charge in [-0.25, -0.2) is 9.78 Å². The second-order valence-electron chi connectivity index (χ2n) is 4.45. The molecule has 0 atom stereocenters. The summed E-state index contributed by atoms with van der Waals surface area (Å²) in [5, 5.41) is 0.860. The average molecular weight is 271 g/mol. The van der Waals surface area contributed by atoms with Gasteiger partial charge < -0.3 is 9.47 Å². The zero-order chi connectivity index (χ0) is 14.7. The number of aromatic nitrogens is 1. The van der Waals surface area contributed by atoms with Crippen LogP contribution in [0, 0.1) is 0 Å². The van der Waals surface area contributed by atoms with Crippen LogP contribution in [0.5, 0.6) is 5.88 Å². The lowest BCUT2D eigenvalue weighted by Gasteiger charge is -2.09. The molecule has 0 unspecified atom stereocenters. The normalized spacial score (nSPS) is 10.3. The van der Waals surface area contributed by atoms with Crippen LogP contribution in [0.2, 0.25) is 0 Å². The van der Waals surface area contributed by atoms with Crippen molar-refractivity contribution in [3.05, 3.63) is 42.0 Å². The molecule has 0 bridgehead atoms. The van der Waals surface area contributed by atoms with Crippen molar-refractivity contribution in [1.82, 2.24) is 4.98 Å². The summed E-state index contributed by atoms with van der Waals surface area (Å²) in [6, 6.07) is 7.53. The SMILES string of the molecule is C=C(C)c1ccc2cc(C(=O)OCC)c(OC)nc2c1. The first-order chi connectivity index (χ1) is 9.56. The number of fused-ring (bicyclic) bond motifs is 1. The summed E-state index contributed by atoms with van der Waals surface area (Å²) >= 11 is 0. The summed E-state index contributed by atoms with van der Waals surface area (Å²) < 4.78 is 10.2. The van der Waals surface area contributed by atoms with E-state index >= 15 is 0 Å². The highest BCUT2D eigenvalue weighted by molar-refractivity contribution is 5.97. The van der Waals surface area contributed by atoms with Crippen LogP contribution in [0.25, 0.3) is 16.5 Å². The predicted molar refractivity (Wildman–Crippen MR) is 79.0 cm³/mol. The van der Waals surface area contributed by atoms with Crippen LogP contribution in [0.1, 0.15) is 29.8 Å². The maximum Gasteiger partial charge on any atom is 0.343 e. The number of nitrogens with zero attached hydrogens (tertiary/aromatic N) is 1. The van der Waals surface area contributed by atoms with Crippen LogP contribution in [0.3, 0.4) is 0 Å². The Morgan fingerprint density at radius 2 is 2.10 bits per heavy atom. The van der Waals surface area contributed by atoms with Crippen LogP contribution in [-0.4, -0.2) is 24.7 Å². The number of ether oxygens (including phenoxy) is 2. The van der Waals surface area contributed by atoms with Crippen LogP contribution in [0.15, 0.2) is 30.8 Å². The van der Waals surface area contributed by atoms with Gasteiger partial charge in [-0.1, -0.05) is 24.3 Å². The largest absolute Gasteiger partial charge is 0.480 e. The van der Waals surface area contributed by atoms with Crippen molar-refractivity contribution in [3.8, 4) is 5.88 Å². The highest BCUT2D eigenvalue weighted by Gasteiger charge is 2.16. The molecule has 0 saturated heterocycles. The van der Waals surface area contributed by atoms with E-state index in [-0.39, 0.29) is 5.88 Å². The molecule has 0 amide bonds. The van der Waals surface area contributed by atoms with E-state index in [1.165, 1.54) is 7.11 Å². The summed E-state index contributed by atoms with van der Waals surface area (Å²) in [4.78, 5) is 16.3. The van der Waals surface area contributed by atoms with Crippen LogP contribution >= 0.6 is 0 Å². The lowest BCUT2D eigenvalue weighted by Crippen LogP contribution is -2.08. The van der Waals surface area contributed by atoms with Gasteiger partial charge in [-0.3, -0.25) is 0 Å². The van der Waals surface area contributed by atoms with Crippen molar-refractivity contribution in [2.45, 2.75) is 13.8 Å². The number of allylic oxidation sites excluding steroid dienone is 1. The third-order valence-electron chi connectivity index (χ3n) is 2.96. The maximum atomic E-state index is 11.9. The number of benzene rings is 1. The van der Waals surface area contributed by atoms with Crippen molar-refractivity contribution in [2.75, 3.05) is 13.7 Å². The molecule has 0 aliphatic heterocycles. The summed E-state index contributed by atoms with van der Waals surface area (Å²) in [5.41, 5.74) is 3.07. The van der Waals surface area contributed by atoms with Crippen molar-refractivity contribution < 1.29 is 14.3 Å². The Hall–Kier alpha value is -2.36. The number of carbonyl (C=O) groups is 1. The van der Waals surface area contributed by atoms with Crippen LogP contribution < -0.4 is 4.74 Å². The van der Waals surface area contributed by atoms with Crippen molar-refractivity contribution in [1.29, 1.82) is 0 Å². The second-order valence-corrected chi connectivity index (χ2v) is 4.45. The maximum absolute atomic E-state index is 11.9. The molecule has 0 saturated carbocycles. The van der Waals surface area contributed by atoms with E-state index in [1.807, 2.05) is 25.1 Å². The van der Waals surface area contributed by atoms with E-state index in [2.05, 4.69) is 11.6 Å². The molecule has 104 valence electrons. The topological polar surface area (TPSA) is 48.4 Å². The summed E-state index contributed by atoms with van der Waals surface area (Å²) in [5.74, 6) is -0.155. The number of hydrogen-bond donors (Lipinski definition) is 0. The zero-order valence-corrected chi connectivity index (χ0v) is 11.9. The molecule has 0 radical (unpaired) electrons. The number of rotatable bonds is 4. The highest BCUT2D eigenvalue weighted by Crippen LogP contribution is 2.25. The van der Waals surface area contributed by atoms with Gasteiger partial charge in [0.05, 0.1) is 19.2 Å². The number of carbonyl (C=O) groups excluding carboxylic acids is 1. The molecule has 2 aromatic rings. The molecular formula is C16H17NO3. The van der Waals surface area contributed by atoms with E-state index in [4.69, 9.17) is 9.47 Å². The number of hydrogen-bond acceptors (Lipinski definition) is 4. The van der Waals surface area contributed by atoms with Crippen LogP contribution in [0.4, 0.5) is 0 Å². The van der Waals surface area contributed by atoms with E-state index in [1.54, 1.807) is 13.0 Å². The second kappa shape index (κ2) is 5.74.